The van der Waals surface area contributed by atoms with Crippen LogP contribution in [-0.4, -0.2) is 35.9 Å². The predicted octanol–water partition coefficient (Wildman–Crippen LogP) is 5.03. The van der Waals surface area contributed by atoms with E-state index in [2.05, 4.69) is 35.2 Å². The van der Waals surface area contributed by atoms with Gasteiger partial charge in [-0.1, -0.05) is 18.2 Å². The van der Waals surface area contributed by atoms with E-state index in [4.69, 9.17) is 0 Å². The van der Waals surface area contributed by atoms with Crippen molar-refractivity contribution in [3.63, 3.8) is 0 Å². The lowest BCUT2D eigenvalue weighted by molar-refractivity contribution is 0.102. The fraction of sp³-hybridized carbons (Fsp3) is 0.304. The number of hydrogen-bond acceptors (Lipinski definition) is 3. The number of hydrogen-bond donors (Lipinski definition) is 1. The molecule has 4 rings (SSSR count). The lowest BCUT2D eigenvalue weighted by Gasteiger charge is -2.30. The van der Waals surface area contributed by atoms with Crippen molar-refractivity contribution in [2.45, 2.75) is 25.7 Å². The molecular weight excluding hydrogens is 370 g/mol. The summed E-state index contributed by atoms with van der Waals surface area (Å²) < 4.78 is 0. The number of halogens is 1. The molecule has 0 bridgehead atoms. The molecule has 2 aromatic carbocycles. The fourth-order valence-electron chi connectivity index (χ4n) is 4.02. The van der Waals surface area contributed by atoms with Crippen LogP contribution in [0.4, 0.5) is 5.69 Å². The Morgan fingerprint density at radius 2 is 1.93 bits per heavy atom. The second-order valence-corrected chi connectivity index (χ2v) is 7.51. The molecule has 0 atom stereocenters. The molecule has 5 heteroatoms. The minimum atomic E-state index is -0.0719. The summed E-state index contributed by atoms with van der Waals surface area (Å²) in [5.74, 6) is 0.529. The minimum absolute atomic E-state index is 0. The number of benzene rings is 2. The summed E-state index contributed by atoms with van der Waals surface area (Å²) in [4.78, 5) is 19.3. The van der Waals surface area contributed by atoms with E-state index >= 15 is 0 Å². The third kappa shape index (κ3) is 4.18. The van der Waals surface area contributed by atoms with Crippen LogP contribution in [0.2, 0.25) is 0 Å². The molecule has 28 heavy (non-hydrogen) atoms. The first-order valence-electron chi connectivity index (χ1n) is 9.55. The van der Waals surface area contributed by atoms with Gasteiger partial charge in [-0.05, 0) is 81.2 Å². The molecule has 0 saturated carbocycles. The van der Waals surface area contributed by atoms with Gasteiger partial charge in [0.15, 0.2) is 0 Å². The number of aryl methyl sites for hydroxylation is 1. The monoisotopic (exact) mass is 395 g/mol. The van der Waals surface area contributed by atoms with Crippen molar-refractivity contribution in [2.24, 2.45) is 0 Å². The summed E-state index contributed by atoms with van der Waals surface area (Å²) in [6.07, 6.45) is 5.93. The van der Waals surface area contributed by atoms with Gasteiger partial charge in [-0.15, -0.1) is 12.4 Å². The Morgan fingerprint density at radius 1 is 1.14 bits per heavy atom. The highest BCUT2D eigenvalue weighted by Gasteiger charge is 2.20. The highest BCUT2D eigenvalue weighted by atomic mass is 35.5. The number of rotatable bonds is 3. The molecule has 146 valence electrons. The summed E-state index contributed by atoms with van der Waals surface area (Å²) in [6.45, 7) is 4.40. The second kappa shape index (κ2) is 8.72. The van der Waals surface area contributed by atoms with Crippen LogP contribution in [-0.2, 0) is 0 Å². The SMILES string of the molecule is Cc1cc(C(=O)Nc2cccc3cnccc23)ccc1C1CCN(C)CC1.Cl. The maximum absolute atomic E-state index is 12.8. The van der Waals surface area contributed by atoms with Crippen molar-refractivity contribution >= 4 is 34.8 Å². The number of nitrogens with one attached hydrogen (secondary N) is 1. The van der Waals surface area contributed by atoms with Crippen molar-refractivity contribution in [3.05, 3.63) is 71.5 Å². The number of likely N-dealkylation sites (tertiary alicyclic amines) is 1. The molecule has 1 saturated heterocycles. The first kappa shape index (κ1) is 20.3. The molecule has 1 N–H and O–H groups in total. The smallest absolute Gasteiger partial charge is 0.255 e. The Morgan fingerprint density at radius 3 is 2.68 bits per heavy atom. The van der Waals surface area contributed by atoms with Gasteiger partial charge in [-0.2, -0.15) is 0 Å². The topological polar surface area (TPSA) is 45.2 Å². The molecule has 1 aromatic heterocycles. The zero-order valence-corrected chi connectivity index (χ0v) is 17.1. The molecule has 1 aliphatic rings. The van der Waals surface area contributed by atoms with Crippen LogP contribution >= 0.6 is 12.4 Å². The summed E-state index contributed by atoms with van der Waals surface area (Å²) in [6, 6.07) is 13.9. The van der Waals surface area contributed by atoms with Crippen LogP contribution in [0.3, 0.4) is 0 Å². The van der Waals surface area contributed by atoms with E-state index in [0.717, 1.165) is 29.5 Å². The molecule has 2 heterocycles. The normalized spacial score (nSPS) is 15.2. The molecule has 1 aliphatic heterocycles. The number of nitrogens with zero attached hydrogens (tertiary/aromatic N) is 2. The number of fused-ring (bicyclic) bond motifs is 1. The summed E-state index contributed by atoms with van der Waals surface area (Å²) in [7, 11) is 2.18. The molecule has 1 amide bonds. The summed E-state index contributed by atoms with van der Waals surface area (Å²) >= 11 is 0. The van der Waals surface area contributed by atoms with Crippen molar-refractivity contribution in [2.75, 3.05) is 25.5 Å². The van der Waals surface area contributed by atoms with E-state index in [1.165, 1.54) is 24.0 Å². The van der Waals surface area contributed by atoms with Crippen molar-refractivity contribution < 1.29 is 4.79 Å². The zero-order valence-electron chi connectivity index (χ0n) is 16.3. The van der Waals surface area contributed by atoms with Gasteiger partial charge in [0.1, 0.15) is 0 Å². The second-order valence-electron chi connectivity index (χ2n) is 7.51. The van der Waals surface area contributed by atoms with Gasteiger partial charge in [0.25, 0.3) is 5.91 Å². The molecule has 4 nitrogen and oxygen atoms in total. The Balaban J connectivity index is 0.00000225. The zero-order chi connectivity index (χ0) is 18.8. The Bertz CT molecular complexity index is 975. The Hall–Kier alpha value is -2.43. The molecular formula is C23H26ClN3O. The molecule has 1 fully saturated rings. The third-order valence-corrected chi connectivity index (χ3v) is 5.62. The Kier molecular flexibility index (Phi) is 6.32. The maximum atomic E-state index is 12.8. The van der Waals surface area contributed by atoms with Crippen LogP contribution in [0.5, 0.6) is 0 Å². The number of carbonyl (C=O) groups is 1. The highest BCUT2D eigenvalue weighted by Crippen LogP contribution is 2.30. The van der Waals surface area contributed by atoms with Crippen molar-refractivity contribution in [3.8, 4) is 0 Å². The van der Waals surface area contributed by atoms with Gasteiger partial charge in [0.05, 0.1) is 0 Å². The van der Waals surface area contributed by atoms with E-state index in [1.54, 1.807) is 6.20 Å². The quantitative estimate of drug-likeness (QED) is 0.676. The predicted molar refractivity (Wildman–Crippen MR) is 118 cm³/mol. The third-order valence-electron chi connectivity index (χ3n) is 5.62. The van der Waals surface area contributed by atoms with Gasteiger partial charge >= 0.3 is 0 Å². The molecule has 0 unspecified atom stereocenters. The molecule has 0 radical (unpaired) electrons. The van der Waals surface area contributed by atoms with Crippen molar-refractivity contribution in [1.82, 2.24) is 9.88 Å². The standard InChI is InChI=1S/C23H25N3O.ClH/c1-16-14-18(6-7-20(16)17-9-12-26(2)13-10-17)23(27)25-22-5-3-4-19-15-24-11-8-21(19)22;/h3-8,11,14-15,17H,9-10,12-13H2,1-2H3,(H,25,27);1H. The first-order valence-corrected chi connectivity index (χ1v) is 9.55. The van der Waals surface area contributed by atoms with E-state index in [9.17, 15) is 4.79 Å². The average molecular weight is 396 g/mol. The van der Waals surface area contributed by atoms with Crippen molar-refractivity contribution in [1.29, 1.82) is 0 Å². The number of pyridine rings is 1. The number of carbonyl (C=O) groups excluding carboxylic acids is 1. The Labute approximate surface area is 172 Å². The van der Waals surface area contributed by atoms with E-state index in [0.29, 0.717) is 11.5 Å². The largest absolute Gasteiger partial charge is 0.321 e. The summed E-state index contributed by atoms with van der Waals surface area (Å²) in [5, 5.41) is 5.08. The van der Waals surface area contributed by atoms with Gasteiger partial charge in [0, 0.05) is 34.4 Å². The van der Waals surface area contributed by atoms with Crippen LogP contribution < -0.4 is 5.32 Å². The van der Waals surface area contributed by atoms with Crippen LogP contribution in [0, 0.1) is 6.92 Å². The highest BCUT2D eigenvalue weighted by molar-refractivity contribution is 6.09. The number of aromatic nitrogens is 1. The van der Waals surface area contributed by atoms with Crippen LogP contribution in [0.1, 0.15) is 40.2 Å². The lowest BCUT2D eigenvalue weighted by Crippen LogP contribution is -2.29. The van der Waals surface area contributed by atoms with Gasteiger partial charge < -0.3 is 10.2 Å². The lowest BCUT2D eigenvalue weighted by atomic mass is 9.86. The number of anilines is 1. The van der Waals surface area contributed by atoms with Crippen LogP contribution in [0.25, 0.3) is 10.8 Å². The number of piperidine rings is 1. The molecule has 3 aromatic rings. The maximum Gasteiger partial charge on any atom is 0.255 e. The fourth-order valence-corrected chi connectivity index (χ4v) is 4.02. The van der Waals surface area contributed by atoms with Gasteiger partial charge in [-0.3, -0.25) is 9.78 Å². The number of amides is 1. The van der Waals surface area contributed by atoms with Gasteiger partial charge in [0.2, 0.25) is 0 Å². The first-order chi connectivity index (χ1) is 13.1. The van der Waals surface area contributed by atoms with Crippen LogP contribution in [0.15, 0.2) is 54.9 Å². The average Bonchev–Trinajstić information content (AvgIpc) is 2.69. The van der Waals surface area contributed by atoms with Gasteiger partial charge in [-0.25, -0.2) is 0 Å². The van der Waals surface area contributed by atoms with E-state index in [-0.39, 0.29) is 18.3 Å². The molecule has 0 spiro atoms. The van der Waals surface area contributed by atoms with E-state index in [1.807, 2.05) is 42.6 Å². The van der Waals surface area contributed by atoms with E-state index < -0.39 is 0 Å². The molecule has 0 aliphatic carbocycles. The minimum Gasteiger partial charge on any atom is -0.321 e. The summed E-state index contributed by atoms with van der Waals surface area (Å²) in [5.41, 5.74) is 4.11.